The summed E-state index contributed by atoms with van der Waals surface area (Å²) in [6, 6.07) is 10.3. The number of benzene rings is 1. The van der Waals surface area contributed by atoms with Crippen molar-refractivity contribution in [3.63, 3.8) is 0 Å². The first-order valence-electron chi connectivity index (χ1n) is 8.03. The molecule has 0 bridgehead atoms. The molecule has 1 aliphatic carbocycles. The van der Waals surface area contributed by atoms with Gasteiger partial charge in [0.25, 0.3) is 0 Å². The monoisotopic (exact) mass is 305 g/mol. The highest BCUT2D eigenvalue weighted by atomic mass is 16.6. The molecule has 0 atom stereocenters. The van der Waals surface area contributed by atoms with Gasteiger partial charge in [-0.3, -0.25) is 4.79 Å². The van der Waals surface area contributed by atoms with Gasteiger partial charge in [0.2, 0.25) is 0 Å². The minimum Gasteiger partial charge on any atom is -0.460 e. The quantitative estimate of drug-likeness (QED) is 0.621. The molecule has 1 aromatic carbocycles. The summed E-state index contributed by atoms with van der Waals surface area (Å²) in [6.45, 7) is 8.05. The van der Waals surface area contributed by atoms with Crippen LogP contribution in [0.1, 0.15) is 39.2 Å². The van der Waals surface area contributed by atoms with Crippen LogP contribution in [0.25, 0.3) is 0 Å². The Hall–Kier alpha value is -1.39. The number of rotatable bonds is 7. The molecule has 122 valence electrons. The van der Waals surface area contributed by atoms with Crippen molar-refractivity contribution in [2.45, 2.75) is 51.9 Å². The van der Waals surface area contributed by atoms with Crippen molar-refractivity contribution in [2.24, 2.45) is 5.92 Å². The fourth-order valence-electron chi connectivity index (χ4n) is 2.41. The molecule has 1 aromatic rings. The van der Waals surface area contributed by atoms with Gasteiger partial charge in [-0.05, 0) is 39.2 Å². The zero-order valence-electron chi connectivity index (χ0n) is 13.8. The van der Waals surface area contributed by atoms with Crippen molar-refractivity contribution in [3.8, 4) is 0 Å². The highest BCUT2D eigenvalue weighted by molar-refractivity contribution is 5.74. The highest BCUT2D eigenvalue weighted by Crippen LogP contribution is 2.32. The standard InChI is InChI=1S/C18H27NO3/c1-18(2,3)22-17(20)15-11-16(12-15)21-10-9-19-13-14-7-5-4-6-8-14/h4-8,15-16,19H,9-13H2,1-3H3/t15-,16+. The van der Waals surface area contributed by atoms with Gasteiger partial charge in [-0.15, -0.1) is 0 Å². The number of esters is 1. The molecule has 0 heterocycles. The Balaban J connectivity index is 1.51. The van der Waals surface area contributed by atoms with E-state index >= 15 is 0 Å². The maximum absolute atomic E-state index is 11.8. The van der Waals surface area contributed by atoms with Crippen molar-refractivity contribution in [1.29, 1.82) is 0 Å². The van der Waals surface area contributed by atoms with Gasteiger partial charge in [0, 0.05) is 13.1 Å². The van der Waals surface area contributed by atoms with Crippen LogP contribution < -0.4 is 5.32 Å². The molecule has 1 saturated carbocycles. The molecule has 0 unspecified atom stereocenters. The fourth-order valence-corrected chi connectivity index (χ4v) is 2.41. The second-order valence-corrected chi connectivity index (χ2v) is 6.86. The zero-order chi connectivity index (χ0) is 16.0. The van der Waals surface area contributed by atoms with E-state index in [1.807, 2.05) is 39.0 Å². The number of hydrogen-bond acceptors (Lipinski definition) is 4. The number of carbonyl (C=O) groups is 1. The summed E-state index contributed by atoms with van der Waals surface area (Å²) < 4.78 is 11.1. The average molecular weight is 305 g/mol. The van der Waals surface area contributed by atoms with Crippen molar-refractivity contribution < 1.29 is 14.3 Å². The van der Waals surface area contributed by atoms with Gasteiger partial charge in [-0.25, -0.2) is 0 Å². The summed E-state index contributed by atoms with van der Waals surface area (Å²) in [5.41, 5.74) is 0.876. The molecule has 1 aliphatic rings. The summed E-state index contributed by atoms with van der Waals surface area (Å²) in [6.07, 6.45) is 1.78. The summed E-state index contributed by atoms with van der Waals surface area (Å²) in [5, 5.41) is 3.35. The fraction of sp³-hybridized carbons (Fsp3) is 0.611. The predicted octanol–water partition coefficient (Wildman–Crippen LogP) is 2.91. The first-order chi connectivity index (χ1) is 10.4. The molecular formula is C18H27NO3. The third-order valence-corrected chi connectivity index (χ3v) is 3.64. The number of ether oxygens (including phenoxy) is 2. The molecule has 0 spiro atoms. The molecule has 4 nitrogen and oxygen atoms in total. The Morgan fingerprint density at radius 1 is 1.23 bits per heavy atom. The molecule has 0 saturated heterocycles. The van der Waals surface area contributed by atoms with Crippen molar-refractivity contribution in [3.05, 3.63) is 35.9 Å². The van der Waals surface area contributed by atoms with E-state index in [2.05, 4.69) is 17.4 Å². The molecule has 22 heavy (non-hydrogen) atoms. The highest BCUT2D eigenvalue weighted by Gasteiger charge is 2.37. The third-order valence-electron chi connectivity index (χ3n) is 3.64. The maximum atomic E-state index is 11.8. The summed E-state index contributed by atoms with van der Waals surface area (Å²) in [7, 11) is 0. The number of carbonyl (C=O) groups excluding carboxylic acids is 1. The van der Waals surface area contributed by atoms with E-state index < -0.39 is 5.60 Å². The van der Waals surface area contributed by atoms with Crippen LogP contribution in [0.2, 0.25) is 0 Å². The van der Waals surface area contributed by atoms with E-state index in [0.717, 1.165) is 25.9 Å². The normalized spacial score (nSPS) is 21.2. The lowest BCUT2D eigenvalue weighted by Gasteiger charge is -2.35. The first kappa shape index (κ1) is 17.0. The Morgan fingerprint density at radius 2 is 1.91 bits per heavy atom. The molecule has 0 aromatic heterocycles. The number of nitrogens with one attached hydrogen (secondary N) is 1. The van der Waals surface area contributed by atoms with E-state index in [1.54, 1.807) is 0 Å². The smallest absolute Gasteiger partial charge is 0.309 e. The lowest BCUT2D eigenvalue weighted by Crippen LogP contribution is -2.40. The van der Waals surface area contributed by atoms with Gasteiger partial charge in [-0.2, -0.15) is 0 Å². The first-order valence-corrected chi connectivity index (χ1v) is 8.03. The maximum Gasteiger partial charge on any atom is 0.309 e. The summed E-state index contributed by atoms with van der Waals surface area (Å²) in [4.78, 5) is 11.8. The van der Waals surface area contributed by atoms with Crippen LogP contribution in [0.3, 0.4) is 0 Å². The van der Waals surface area contributed by atoms with Gasteiger partial charge >= 0.3 is 5.97 Å². The van der Waals surface area contributed by atoms with E-state index in [9.17, 15) is 4.79 Å². The van der Waals surface area contributed by atoms with Crippen LogP contribution in [0.15, 0.2) is 30.3 Å². The molecule has 2 rings (SSSR count). The minimum absolute atomic E-state index is 0.0153. The topological polar surface area (TPSA) is 47.6 Å². The second kappa shape index (κ2) is 7.75. The van der Waals surface area contributed by atoms with E-state index in [1.165, 1.54) is 5.56 Å². The molecule has 0 amide bonds. The van der Waals surface area contributed by atoms with Crippen molar-refractivity contribution in [2.75, 3.05) is 13.2 Å². The molecular weight excluding hydrogens is 278 g/mol. The molecule has 4 heteroatoms. The van der Waals surface area contributed by atoms with E-state index in [-0.39, 0.29) is 18.0 Å². The van der Waals surface area contributed by atoms with Crippen LogP contribution in [0.5, 0.6) is 0 Å². The van der Waals surface area contributed by atoms with Crippen LogP contribution in [-0.4, -0.2) is 30.8 Å². The Labute approximate surface area is 133 Å². The lowest BCUT2D eigenvalue weighted by atomic mass is 9.82. The van der Waals surface area contributed by atoms with Gasteiger partial charge in [-0.1, -0.05) is 30.3 Å². The van der Waals surface area contributed by atoms with Gasteiger partial charge < -0.3 is 14.8 Å². The molecule has 0 radical (unpaired) electrons. The second-order valence-electron chi connectivity index (χ2n) is 6.86. The third kappa shape index (κ3) is 5.78. The zero-order valence-corrected chi connectivity index (χ0v) is 13.8. The van der Waals surface area contributed by atoms with Crippen LogP contribution in [-0.2, 0) is 20.8 Å². The van der Waals surface area contributed by atoms with E-state index in [0.29, 0.717) is 6.61 Å². The Bertz CT molecular complexity index is 461. The average Bonchev–Trinajstić information content (AvgIpc) is 2.39. The number of hydrogen-bond donors (Lipinski definition) is 1. The predicted molar refractivity (Wildman–Crippen MR) is 86.5 cm³/mol. The van der Waals surface area contributed by atoms with Gasteiger partial charge in [0.15, 0.2) is 0 Å². The lowest BCUT2D eigenvalue weighted by molar-refractivity contribution is -0.169. The minimum atomic E-state index is -0.398. The SMILES string of the molecule is CC(C)(C)OC(=O)[C@H]1C[C@@H](OCCNCc2ccccc2)C1. The van der Waals surface area contributed by atoms with Crippen LogP contribution in [0, 0.1) is 5.92 Å². The van der Waals surface area contributed by atoms with Crippen LogP contribution >= 0.6 is 0 Å². The molecule has 0 aliphatic heterocycles. The van der Waals surface area contributed by atoms with Crippen molar-refractivity contribution in [1.82, 2.24) is 5.32 Å². The van der Waals surface area contributed by atoms with Crippen molar-refractivity contribution >= 4 is 5.97 Å². The summed E-state index contributed by atoms with van der Waals surface area (Å²) >= 11 is 0. The van der Waals surface area contributed by atoms with Gasteiger partial charge in [0.1, 0.15) is 5.60 Å². The van der Waals surface area contributed by atoms with E-state index in [4.69, 9.17) is 9.47 Å². The largest absolute Gasteiger partial charge is 0.460 e. The molecule has 1 N–H and O–H groups in total. The Kier molecular flexibility index (Phi) is 5.98. The molecule has 1 fully saturated rings. The van der Waals surface area contributed by atoms with Crippen LogP contribution in [0.4, 0.5) is 0 Å². The Morgan fingerprint density at radius 3 is 2.55 bits per heavy atom. The summed E-state index contributed by atoms with van der Waals surface area (Å²) in [5.74, 6) is -0.0731. The van der Waals surface area contributed by atoms with Gasteiger partial charge in [0.05, 0.1) is 18.6 Å².